The highest BCUT2D eigenvalue weighted by molar-refractivity contribution is 5.66. The second-order valence-electron chi connectivity index (χ2n) is 3.43. The third kappa shape index (κ3) is 1.58. The zero-order valence-corrected chi connectivity index (χ0v) is 7.48. The molecule has 13 heavy (non-hydrogen) atoms. The maximum absolute atomic E-state index is 5.81. The largest absolute Gasteiger partial charge is 0.396 e. The van der Waals surface area contributed by atoms with E-state index in [-0.39, 0.29) is 6.04 Å². The van der Waals surface area contributed by atoms with Crippen molar-refractivity contribution in [1.82, 2.24) is 4.98 Å². The first-order valence-corrected chi connectivity index (χ1v) is 4.47. The summed E-state index contributed by atoms with van der Waals surface area (Å²) in [6.45, 7) is 1.89. The lowest BCUT2D eigenvalue weighted by molar-refractivity contribution is 0.752. The molecular weight excluding hydrogens is 164 g/mol. The van der Waals surface area contributed by atoms with Crippen LogP contribution in [0.1, 0.15) is 6.42 Å². The Kier molecular flexibility index (Phi) is 2.06. The molecule has 4 nitrogen and oxygen atoms in total. The quantitative estimate of drug-likeness (QED) is 0.644. The van der Waals surface area contributed by atoms with Crippen LogP contribution in [0.3, 0.4) is 0 Å². The average Bonchev–Trinajstić information content (AvgIpc) is 2.53. The van der Waals surface area contributed by atoms with Crippen molar-refractivity contribution >= 4 is 11.4 Å². The molecule has 0 unspecified atom stereocenters. The fraction of sp³-hybridized carbons (Fsp3) is 0.444. The monoisotopic (exact) mass is 178 g/mol. The van der Waals surface area contributed by atoms with Crippen LogP contribution in [0.4, 0.5) is 11.4 Å². The van der Waals surface area contributed by atoms with Crippen LogP contribution in [0.15, 0.2) is 18.5 Å². The molecule has 4 N–H and O–H groups in total. The Morgan fingerprint density at radius 3 is 3.00 bits per heavy atom. The van der Waals surface area contributed by atoms with E-state index in [0.29, 0.717) is 0 Å². The van der Waals surface area contributed by atoms with Gasteiger partial charge in [0.2, 0.25) is 0 Å². The van der Waals surface area contributed by atoms with Crippen molar-refractivity contribution in [1.29, 1.82) is 0 Å². The first-order chi connectivity index (χ1) is 6.27. The van der Waals surface area contributed by atoms with Crippen molar-refractivity contribution in [3.05, 3.63) is 18.5 Å². The predicted molar refractivity (Wildman–Crippen MR) is 53.5 cm³/mol. The van der Waals surface area contributed by atoms with Gasteiger partial charge in [-0.2, -0.15) is 0 Å². The number of hydrogen-bond acceptors (Lipinski definition) is 4. The molecule has 0 aliphatic carbocycles. The molecule has 1 aromatic rings. The van der Waals surface area contributed by atoms with Gasteiger partial charge in [0.15, 0.2) is 0 Å². The van der Waals surface area contributed by atoms with E-state index in [0.717, 1.165) is 30.9 Å². The molecule has 0 saturated carbocycles. The lowest BCUT2D eigenvalue weighted by Crippen LogP contribution is -2.26. The van der Waals surface area contributed by atoms with Gasteiger partial charge >= 0.3 is 0 Å². The smallest absolute Gasteiger partial charge is 0.0738 e. The normalized spacial score (nSPS) is 22.2. The zero-order valence-electron chi connectivity index (χ0n) is 7.48. The lowest BCUT2D eigenvalue weighted by atomic mass is 10.3. The van der Waals surface area contributed by atoms with Crippen LogP contribution in [-0.4, -0.2) is 24.1 Å². The van der Waals surface area contributed by atoms with E-state index in [4.69, 9.17) is 11.5 Å². The summed E-state index contributed by atoms with van der Waals surface area (Å²) in [5.41, 5.74) is 13.4. The Morgan fingerprint density at radius 1 is 1.54 bits per heavy atom. The van der Waals surface area contributed by atoms with Gasteiger partial charge < -0.3 is 16.4 Å². The Bertz CT molecular complexity index is 299. The van der Waals surface area contributed by atoms with Gasteiger partial charge in [-0.05, 0) is 12.5 Å². The van der Waals surface area contributed by atoms with Crippen LogP contribution in [0.2, 0.25) is 0 Å². The third-order valence-corrected chi connectivity index (χ3v) is 2.39. The maximum Gasteiger partial charge on any atom is 0.0738 e. The fourth-order valence-corrected chi connectivity index (χ4v) is 1.69. The molecule has 0 aromatic carbocycles. The molecule has 0 bridgehead atoms. The number of aromatic nitrogens is 1. The van der Waals surface area contributed by atoms with Gasteiger partial charge in [0.05, 0.1) is 17.6 Å². The first kappa shape index (κ1) is 8.31. The molecule has 0 radical (unpaired) electrons. The molecule has 1 aromatic heterocycles. The van der Waals surface area contributed by atoms with Gasteiger partial charge in [0.1, 0.15) is 0 Å². The molecule has 1 aliphatic rings. The van der Waals surface area contributed by atoms with Crippen LogP contribution >= 0.6 is 0 Å². The summed E-state index contributed by atoms with van der Waals surface area (Å²) in [4.78, 5) is 6.16. The van der Waals surface area contributed by atoms with E-state index in [9.17, 15) is 0 Å². The minimum atomic E-state index is 0.285. The summed E-state index contributed by atoms with van der Waals surface area (Å²) in [7, 11) is 0. The van der Waals surface area contributed by atoms with Gasteiger partial charge in [0, 0.05) is 25.3 Å². The summed E-state index contributed by atoms with van der Waals surface area (Å²) in [5, 5.41) is 0. The Hall–Kier alpha value is -1.29. The topological polar surface area (TPSA) is 68.2 Å². The molecule has 4 heteroatoms. The highest BCUT2D eigenvalue weighted by Crippen LogP contribution is 2.24. The van der Waals surface area contributed by atoms with Gasteiger partial charge in [-0.1, -0.05) is 0 Å². The SMILES string of the molecule is Nc1cnccc1N1CC[C@H](N)C1. The van der Waals surface area contributed by atoms with Crippen LogP contribution in [0.25, 0.3) is 0 Å². The minimum absolute atomic E-state index is 0.285. The molecule has 1 aliphatic heterocycles. The average molecular weight is 178 g/mol. The molecule has 70 valence electrons. The van der Waals surface area contributed by atoms with Crippen molar-refractivity contribution < 1.29 is 0 Å². The number of rotatable bonds is 1. The van der Waals surface area contributed by atoms with E-state index in [1.165, 1.54) is 0 Å². The van der Waals surface area contributed by atoms with E-state index in [2.05, 4.69) is 9.88 Å². The zero-order chi connectivity index (χ0) is 9.26. The standard InChI is InChI=1S/C9H14N4/c10-7-2-4-13(6-7)9-1-3-12-5-8(9)11/h1,3,5,7H,2,4,6,10-11H2/t7-/m0/s1. The Labute approximate surface area is 77.5 Å². The predicted octanol–water partition coefficient (Wildman–Crippen LogP) is 0.201. The second kappa shape index (κ2) is 3.22. The summed E-state index contributed by atoms with van der Waals surface area (Å²) >= 11 is 0. The van der Waals surface area contributed by atoms with Gasteiger partial charge in [-0.25, -0.2) is 0 Å². The molecule has 1 atom stereocenters. The summed E-state index contributed by atoms with van der Waals surface area (Å²) in [6.07, 6.45) is 4.48. The Morgan fingerprint density at radius 2 is 2.38 bits per heavy atom. The van der Waals surface area contributed by atoms with Crippen LogP contribution in [-0.2, 0) is 0 Å². The van der Waals surface area contributed by atoms with E-state index in [1.807, 2.05) is 6.07 Å². The van der Waals surface area contributed by atoms with Crippen LogP contribution < -0.4 is 16.4 Å². The molecule has 1 fully saturated rings. The second-order valence-corrected chi connectivity index (χ2v) is 3.43. The maximum atomic E-state index is 5.81. The molecule has 2 heterocycles. The highest BCUT2D eigenvalue weighted by atomic mass is 15.2. The number of anilines is 2. The van der Waals surface area contributed by atoms with Crippen LogP contribution in [0, 0.1) is 0 Å². The summed E-state index contributed by atoms with van der Waals surface area (Å²) < 4.78 is 0. The number of pyridine rings is 1. The summed E-state index contributed by atoms with van der Waals surface area (Å²) in [6, 6.07) is 2.22. The molecular formula is C9H14N4. The first-order valence-electron chi connectivity index (χ1n) is 4.47. The Balaban J connectivity index is 2.21. The molecule has 1 saturated heterocycles. The van der Waals surface area contributed by atoms with Gasteiger partial charge in [-0.3, -0.25) is 4.98 Å². The van der Waals surface area contributed by atoms with E-state index in [1.54, 1.807) is 12.4 Å². The van der Waals surface area contributed by atoms with Crippen molar-refractivity contribution in [2.24, 2.45) is 5.73 Å². The molecule has 0 spiro atoms. The summed E-state index contributed by atoms with van der Waals surface area (Å²) in [5.74, 6) is 0. The van der Waals surface area contributed by atoms with Crippen molar-refractivity contribution in [2.45, 2.75) is 12.5 Å². The van der Waals surface area contributed by atoms with Crippen LogP contribution in [0.5, 0.6) is 0 Å². The van der Waals surface area contributed by atoms with Crippen molar-refractivity contribution in [3.63, 3.8) is 0 Å². The number of nitrogens with zero attached hydrogens (tertiary/aromatic N) is 2. The fourth-order valence-electron chi connectivity index (χ4n) is 1.69. The third-order valence-electron chi connectivity index (χ3n) is 2.39. The molecule has 2 rings (SSSR count). The highest BCUT2D eigenvalue weighted by Gasteiger charge is 2.20. The lowest BCUT2D eigenvalue weighted by Gasteiger charge is -2.19. The number of nitrogen functional groups attached to an aromatic ring is 1. The number of hydrogen-bond donors (Lipinski definition) is 2. The minimum Gasteiger partial charge on any atom is -0.396 e. The van der Waals surface area contributed by atoms with E-state index >= 15 is 0 Å². The van der Waals surface area contributed by atoms with Gasteiger partial charge in [-0.15, -0.1) is 0 Å². The molecule has 0 amide bonds. The van der Waals surface area contributed by atoms with Gasteiger partial charge in [0.25, 0.3) is 0 Å². The van der Waals surface area contributed by atoms with E-state index < -0.39 is 0 Å². The number of nitrogens with two attached hydrogens (primary N) is 2. The van der Waals surface area contributed by atoms with Crippen molar-refractivity contribution in [3.8, 4) is 0 Å². The van der Waals surface area contributed by atoms with Crippen molar-refractivity contribution in [2.75, 3.05) is 23.7 Å².